The number of halogens is 3. The van der Waals surface area contributed by atoms with Crippen LogP contribution in [0.2, 0.25) is 0 Å². The van der Waals surface area contributed by atoms with E-state index in [-0.39, 0.29) is 40.9 Å². The van der Waals surface area contributed by atoms with Crippen molar-refractivity contribution >= 4 is 33.7 Å². The SMILES string of the molecule is CC1(C)C=C(c2cnc(CCc3c(F)ccc4c3CCO4)n3cnnc23)CC(C)(C)O1.CC1C=C(c2cnc(CCc3c(F)ccc4c3CCO4)n3cnnc23)CCO1.CC1CC(c2cnc(CCc3c(F)ccc4c3CCO4)n3cnnc23)=CCO1. The van der Waals surface area contributed by atoms with Crippen molar-refractivity contribution in [3.05, 3.63) is 177 Å². The van der Waals surface area contributed by atoms with E-state index in [0.29, 0.717) is 71.6 Å². The Hall–Kier alpha value is -8.40. The van der Waals surface area contributed by atoms with Crippen LogP contribution in [-0.4, -0.2) is 115 Å². The van der Waals surface area contributed by atoms with Gasteiger partial charge in [-0.1, -0.05) is 12.2 Å². The molecular weight excluding hydrogens is 1110 g/mol. The monoisotopic (exact) mass is 1180 g/mol. The third-order valence-corrected chi connectivity index (χ3v) is 17.0. The number of aromatic nitrogens is 12. The molecular formula is C66H69F3N12O6. The van der Waals surface area contributed by atoms with Crippen molar-refractivity contribution < 1.29 is 41.6 Å². The molecule has 6 aliphatic heterocycles. The van der Waals surface area contributed by atoms with Crippen LogP contribution in [-0.2, 0) is 72.0 Å². The van der Waals surface area contributed by atoms with Gasteiger partial charge in [0.15, 0.2) is 16.9 Å². The summed E-state index contributed by atoms with van der Waals surface area (Å²) >= 11 is 0. The van der Waals surface area contributed by atoms with E-state index in [1.165, 1.54) is 29.3 Å². The van der Waals surface area contributed by atoms with Crippen LogP contribution >= 0.6 is 0 Å². The number of nitrogens with zero attached hydrogens (tertiary/aromatic N) is 12. The number of hydrogen-bond acceptors (Lipinski definition) is 15. The molecule has 0 saturated heterocycles. The van der Waals surface area contributed by atoms with E-state index in [2.05, 4.69) is 93.4 Å². The molecule has 15 rings (SSSR count). The highest BCUT2D eigenvalue weighted by Gasteiger charge is 2.35. The second-order valence-corrected chi connectivity index (χ2v) is 24.0. The molecule has 18 nitrogen and oxygen atoms in total. The molecule has 87 heavy (non-hydrogen) atoms. The highest BCUT2D eigenvalue weighted by Crippen LogP contribution is 2.40. The maximum Gasteiger partial charge on any atom is 0.171 e. The zero-order valence-electron chi connectivity index (χ0n) is 49.8. The van der Waals surface area contributed by atoms with E-state index < -0.39 is 0 Å². The Balaban J connectivity index is 0.000000121. The smallest absolute Gasteiger partial charge is 0.171 e. The Kier molecular flexibility index (Phi) is 15.9. The number of hydrogen-bond donors (Lipinski definition) is 0. The van der Waals surface area contributed by atoms with Crippen LogP contribution in [0.3, 0.4) is 0 Å². The van der Waals surface area contributed by atoms with E-state index in [9.17, 15) is 13.2 Å². The first-order valence-electron chi connectivity index (χ1n) is 30.0. The van der Waals surface area contributed by atoms with Crippen LogP contribution in [0, 0.1) is 17.5 Å². The Morgan fingerprint density at radius 1 is 0.517 bits per heavy atom. The first-order chi connectivity index (χ1) is 42.1. The summed E-state index contributed by atoms with van der Waals surface area (Å²) in [5.74, 6) is 4.31. The van der Waals surface area contributed by atoms with Gasteiger partial charge in [0, 0.05) is 96.9 Å². The third kappa shape index (κ3) is 12.0. The lowest BCUT2D eigenvalue weighted by Crippen LogP contribution is -2.39. The lowest BCUT2D eigenvalue weighted by atomic mass is 9.86. The molecule has 9 aromatic rings. The molecule has 0 spiro atoms. The third-order valence-electron chi connectivity index (χ3n) is 17.0. The average Bonchev–Trinajstić information content (AvgIpc) is 2.84. The summed E-state index contributed by atoms with van der Waals surface area (Å²) in [4.78, 5) is 14.1. The van der Waals surface area contributed by atoms with Gasteiger partial charge >= 0.3 is 0 Å². The van der Waals surface area contributed by atoms with Gasteiger partial charge in [0.1, 0.15) is 71.2 Å². The van der Waals surface area contributed by atoms with Gasteiger partial charge < -0.3 is 28.4 Å². The van der Waals surface area contributed by atoms with Crippen molar-refractivity contribution in [2.75, 3.05) is 33.0 Å². The molecule has 2 unspecified atom stereocenters. The second-order valence-electron chi connectivity index (χ2n) is 24.0. The summed E-state index contributed by atoms with van der Waals surface area (Å²) < 4.78 is 83.2. The molecule has 6 aromatic heterocycles. The molecule has 0 N–H and O–H groups in total. The minimum atomic E-state index is -0.375. The van der Waals surface area contributed by atoms with E-state index in [0.717, 1.165) is 146 Å². The van der Waals surface area contributed by atoms with Gasteiger partial charge in [-0.15, -0.1) is 30.6 Å². The van der Waals surface area contributed by atoms with Crippen LogP contribution < -0.4 is 14.2 Å². The van der Waals surface area contributed by atoms with Crippen molar-refractivity contribution in [2.24, 2.45) is 0 Å². The quantitative estimate of drug-likeness (QED) is 0.112. The summed E-state index contributed by atoms with van der Waals surface area (Å²) in [7, 11) is 0. The molecule has 12 heterocycles. The fourth-order valence-corrected chi connectivity index (χ4v) is 13.2. The molecule has 0 saturated carbocycles. The van der Waals surface area contributed by atoms with Gasteiger partial charge in [-0.3, -0.25) is 13.2 Å². The van der Waals surface area contributed by atoms with E-state index in [1.54, 1.807) is 37.2 Å². The van der Waals surface area contributed by atoms with Gasteiger partial charge in [0.2, 0.25) is 0 Å². The molecule has 2 atom stereocenters. The Bertz CT molecular complexity index is 4190. The number of rotatable bonds is 12. The van der Waals surface area contributed by atoms with E-state index in [4.69, 9.17) is 33.4 Å². The minimum absolute atomic E-state index is 0.0803. The fraction of sp³-hybridized carbons (Fsp3) is 0.409. The maximum absolute atomic E-state index is 14.5. The molecule has 3 aromatic carbocycles. The van der Waals surface area contributed by atoms with Crippen molar-refractivity contribution in [1.29, 1.82) is 0 Å². The molecule has 0 radical (unpaired) electrons. The Morgan fingerprint density at radius 2 is 0.954 bits per heavy atom. The van der Waals surface area contributed by atoms with Gasteiger partial charge in [-0.2, -0.15) is 0 Å². The lowest BCUT2D eigenvalue weighted by molar-refractivity contribution is -0.100. The minimum Gasteiger partial charge on any atom is -0.493 e. The van der Waals surface area contributed by atoms with Crippen molar-refractivity contribution in [1.82, 2.24) is 58.7 Å². The second kappa shape index (κ2) is 24.0. The first-order valence-corrected chi connectivity index (χ1v) is 30.0. The topological polar surface area (TPSA) is 185 Å². The summed E-state index contributed by atoms with van der Waals surface area (Å²) in [6.07, 6.45) is 25.4. The molecule has 0 bridgehead atoms. The lowest BCUT2D eigenvalue weighted by Gasteiger charge is -2.40. The zero-order valence-corrected chi connectivity index (χ0v) is 49.8. The number of aryl methyl sites for hydroxylation is 3. The summed E-state index contributed by atoms with van der Waals surface area (Å²) in [6.45, 7) is 15.5. The normalized spacial score (nSPS) is 18.9. The number of fused-ring (bicyclic) bond motifs is 6. The largest absolute Gasteiger partial charge is 0.493 e. The number of benzene rings is 3. The molecule has 21 heteroatoms. The van der Waals surface area contributed by atoms with Crippen molar-refractivity contribution in [3.8, 4) is 17.2 Å². The maximum atomic E-state index is 14.5. The van der Waals surface area contributed by atoms with Crippen molar-refractivity contribution in [2.45, 2.75) is 142 Å². The molecule has 0 aliphatic carbocycles. The first kappa shape index (κ1) is 57.7. The van der Waals surface area contributed by atoms with Gasteiger partial charge in [-0.25, -0.2) is 28.1 Å². The summed E-state index contributed by atoms with van der Waals surface area (Å²) in [5, 5.41) is 25.3. The van der Waals surface area contributed by atoms with E-state index >= 15 is 0 Å². The molecule has 450 valence electrons. The van der Waals surface area contributed by atoms with Crippen LogP contribution in [0.4, 0.5) is 13.2 Å². The Labute approximate surface area is 501 Å². The highest BCUT2D eigenvalue weighted by atomic mass is 19.1. The van der Waals surface area contributed by atoms with Crippen LogP contribution in [0.15, 0.2) is 92.2 Å². The molecule has 0 fully saturated rings. The Morgan fingerprint density at radius 3 is 1.38 bits per heavy atom. The fourth-order valence-electron chi connectivity index (χ4n) is 13.2. The average molecular weight is 1180 g/mol. The summed E-state index contributed by atoms with van der Waals surface area (Å²) in [5.41, 5.74) is 13.2. The van der Waals surface area contributed by atoms with Crippen molar-refractivity contribution in [3.63, 3.8) is 0 Å². The van der Waals surface area contributed by atoms with Crippen LogP contribution in [0.5, 0.6) is 17.2 Å². The van der Waals surface area contributed by atoms with Crippen LogP contribution in [0.1, 0.15) is 128 Å². The summed E-state index contributed by atoms with van der Waals surface area (Å²) in [6, 6.07) is 9.62. The molecule has 0 amide bonds. The zero-order chi connectivity index (χ0) is 60.0. The predicted molar refractivity (Wildman–Crippen MR) is 319 cm³/mol. The highest BCUT2D eigenvalue weighted by molar-refractivity contribution is 5.78. The van der Waals surface area contributed by atoms with Crippen LogP contribution in [0.25, 0.3) is 33.7 Å². The number of ether oxygens (including phenoxy) is 6. The van der Waals surface area contributed by atoms with Gasteiger partial charge in [-0.05, 0) is 150 Å². The van der Waals surface area contributed by atoms with Gasteiger partial charge in [0.25, 0.3) is 0 Å². The van der Waals surface area contributed by atoms with E-state index in [1.807, 2.05) is 38.7 Å². The standard InChI is InChI=1S/C24H27FN4O2.2C21H21FN4O2/c1-23(2)11-15(12-24(3,4)31-23)18-13-26-21(29-14-27-28-22(18)29)8-5-16-17-9-10-30-20(17)7-6-19(16)25;2*1-13-10-14(6-8-27-13)17-11-23-20(26-12-24-25-21(17)26)5-2-15-16-7-9-28-19(16)4-3-18(15)22/h6-7,11,13-14H,5,8-10,12H2,1-4H3;3-4,10-13H,2,5-9H2,1H3;3-4,6,11-13H,2,5,7-10H2,1H3. The molecule has 6 aliphatic rings. The predicted octanol–water partition coefficient (Wildman–Crippen LogP) is 10.7. The van der Waals surface area contributed by atoms with Gasteiger partial charge in [0.05, 0.1) is 56.4 Å².